The Morgan fingerprint density at radius 1 is 1.70 bits per heavy atom. The minimum atomic E-state index is 0.0671. The van der Waals surface area contributed by atoms with Crippen molar-refractivity contribution in [1.29, 1.82) is 0 Å². The molecule has 1 aliphatic heterocycles. The molecule has 10 heavy (non-hydrogen) atoms. The summed E-state index contributed by atoms with van der Waals surface area (Å²) in [6.07, 6.45) is 1.23. The summed E-state index contributed by atoms with van der Waals surface area (Å²) in [7, 11) is 0. The third kappa shape index (κ3) is 1.56. The van der Waals surface area contributed by atoms with Crippen LogP contribution in [0, 0.1) is 5.92 Å². The summed E-state index contributed by atoms with van der Waals surface area (Å²) in [4.78, 5) is 21.4. The van der Waals surface area contributed by atoms with Crippen LogP contribution in [0.4, 0.5) is 0 Å². The van der Waals surface area contributed by atoms with Gasteiger partial charge in [0.2, 0.25) is 5.91 Å². The van der Waals surface area contributed by atoms with E-state index in [1.807, 2.05) is 0 Å². The Labute approximate surface area is 59.8 Å². The van der Waals surface area contributed by atoms with E-state index in [9.17, 15) is 9.59 Å². The molecule has 1 heterocycles. The number of rotatable bonds is 1. The first-order valence-corrected chi connectivity index (χ1v) is 3.47. The fourth-order valence-electron chi connectivity index (χ4n) is 1.08. The first kappa shape index (κ1) is 7.25. The van der Waals surface area contributed by atoms with Gasteiger partial charge >= 0.3 is 0 Å². The highest BCUT2D eigenvalue weighted by atomic mass is 16.2. The second-order valence-electron chi connectivity index (χ2n) is 2.65. The maximum absolute atomic E-state index is 10.8. The standard InChI is InChI=1S/C7H11NO2/c1-5(9)6-2-3-7(10)8-4-6/h6H,2-4H2,1H3,(H,8,10)/t6-/m1/s1. The van der Waals surface area contributed by atoms with Crippen molar-refractivity contribution < 1.29 is 9.59 Å². The lowest BCUT2D eigenvalue weighted by atomic mass is 9.96. The number of Topliss-reactive ketones (excluding diaryl/α,β-unsaturated/α-hetero) is 1. The van der Waals surface area contributed by atoms with Gasteiger partial charge < -0.3 is 5.32 Å². The molecule has 0 aromatic rings. The Bertz CT molecular complexity index is 155. The van der Waals surface area contributed by atoms with Gasteiger partial charge in [0.25, 0.3) is 0 Å². The summed E-state index contributed by atoms with van der Waals surface area (Å²) in [6.45, 7) is 2.11. The molecule has 0 unspecified atom stereocenters. The molecule has 3 heteroatoms. The number of hydrogen-bond donors (Lipinski definition) is 1. The first-order chi connectivity index (χ1) is 4.70. The van der Waals surface area contributed by atoms with Gasteiger partial charge in [-0.1, -0.05) is 0 Å². The zero-order valence-corrected chi connectivity index (χ0v) is 6.02. The summed E-state index contributed by atoms with van der Waals surface area (Å²) in [5, 5.41) is 2.65. The van der Waals surface area contributed by atoms with E-state index in [0.29, 0.717) is 13.0 Å². The average molecular weight is 141 g/mol. The maximum Gasteiger partial charge on any atom is 0.220 e. The van der Waals surface area contributed by atoms with Crippen molar-refractivity contribution in [2.75, 3.05) is 6.54 Å². The van der Waals surface area contributed by atoms with Crippen LogP contribution < -0.4 is 5.32 Å². The van der Waals surface area contributed by atoms with Crippen molar-refractivity contribution in [1.82, 2.24) is 5.32 Å². The molecule has 1 saturated heterocycles. The molecule has 1 fully saturated rings. The summed E-state index contributed by atoms with van der Waals surface area (Å²) >= 11 is 0. The fourth-order valence-corrected chi connectivity index (χ4v) is 1.08. The predicted molar refractivity (Wildman–Crippen MR) is 36.4 cm³/mol. The third-order valence-electron chi connectivity index (χ3n) is 1.84. The average Bonchev–Trinajstić information content (AvgIpc) is 1.88. The lowest BCUT2D eigenvalue weighted by Crippen LogP contribution is -2.37. The van der Waals surface area contributed by atoms with Crippen molar-refractivity contribution in [2.45, 2.75) is 19.8 Å². The zero-order valence-electron chi connectivity index (χ0n) is 6.02. The lowest BCUT2D eigenvalue weighted by molar-refractivity contribution is -0.126. The number of hydrogen-bond acceptors (Lipinski definition) is 2. The predicted octanol–water partition coefficient (Wildman–Crippen LogP) is 0.102. The summed E-state index contributed by atoms with van der Waals surface area (Å²) in [5.74, 6) is 0.315. The Kier molecular flexibility index (Phi) is 2.04. The molecule has 56 valence electrons. The number of nitrogens with one attached hydrogen (secondary N) is 1. The van der Waals surface area contributed by atoms with Crippen LogP contribution in [-0.4, -0.2) is 18.2 Å². The molecule has 0 aromatic carbocycles. The van der Waals surface area contributed by atoms with Crippen molar-refractivity contribution >= 4 is 11.7 Å². The highest BCUT2D eigenvalue weighted by Gasteiger charge is 2.20. The molecule has 0 aromatic heterocycles. The van der Waals surface area contributed by atoms with E-state index in [1.54, 1.807) is 6.92 Å². The SMILES string of the molecule is CC(=O)[C@@H]1CCC(=O)NC1. The van der Waals surface area contributed by atoms with E-state index in [4.69, 9.17) is 0 Å². The van der Waals surface area contributed by atoms with Gasteiger partial charge in [0.1, 0.15) is 5.78 Å². The molecular weight excluding hydrogens is 130 g/mol. The van der Waals surface area contributed by atoms with Crippen LogP contribution in [0.3, 0.4) is 0 Å². The number of carbonyl (C=O) groups is 2. The van der Waals surface area contributed by atoms with Crippen LogP contribution in [-0.2, 0) is 9.59 Å². The van der Waals surface area contributed by atoms with Crippen LogP contribution >= 0.6 is 0 Å². The summed E-state index contributed by atoms with van der Waals surface area (Å²) < 4.78 is 0. The Balaban J connectivity index is 2.40. The van der Waals surface area contributed by atoms with E-state index >= 15 is 0 Å². The smallest absolute Gasteiger partial charge is 0.220 e. The van der Waals surface area contributed by atoms with Crippen molar-refractivity contribution in [3.63, 3.8) is 0 Å². The van der Waals surface area contributed by atoms with Crippen LogP contribution in [0.2, 0.25) is 0 Å². The van der Waals surface area contributed by atoms with Gasteiger partial charge in [-0.05, 0) is 13.3 Å². The van der Waals surface area contributed by atoms with E-state index in [0.717, 1.165) is 6.42 Å². The summed E-state index contributed by atoms with van der Waals surface area (Å²) in [5.41, 5.74) is 0. The third-order valence-corrected chi connectivity index (χ3v) is 1.84. The van der Waals surface area contributed by atoms with Gasteiger partial charge in [-0.15, -0.1) is 0 Å². The molecule has 0 bridgehead atoms. The van der Waals surface area contributed by atoms with Gasteiger partial charge in [0.05, 0.1) is 0 Å². The lowest BCUT2D eigenvalue weighted by Gasteiger charge is -2.19. The number of piperidine rings is 1. The number of carbonyl (C=O) groups excluding carboxylic acids is 2. The van der Waals surface area contributed by atoms with Gasteiger partial charge in [-0.2, -0.15) is 0 Å². The van der Waals surface area contributed by atoms with Gasteiger partial charge in [0, 0.05) is 18.9 Å². The molecule has 1 aliphatic rings. The normalized spacial score (nSPS) is 25.7. The molecule has 3 nitrogen and oxygen atoms in total. The highest BCUT2D eigenvalue weighted by Crippen LogP contribution is 2.10. The van der Waals surface area contributed by atoms with Crippen LogP contribution in [0.5, 0.6) is 0 Å². The second-order valence-corrected chi connectivity index (χ2v) is 2.65. The van der Waals surface area contributed by atoms with Crippen molar-refractivity contribution in [3.05, 3.63) is 0 Å². The van der Waals surface area contributed by atoms with Crippen LogP contribution in [0.1, 0.15) is 19.8 Å². The Morgan fingerprint density at radius 3 is 2.80 bits per heavy atom. The van der Waals surface area contributed by atoms with Crippen LogP contribution in [0.25, 0.3) is 0 Å². The number of ketones is 1. The van der Waals surface area contributed by atoms with Gasteiger partial charge in [-0.25, -0.2) is 0 Å². The monoisotopic (exact) mass is 141 g/mol. The molecule has 0 radical (unpaired) electrons. The molecule has 1 N–H and O–H groups in total. The van der Waals surface area contributed by atoms with E-state index < -0.39 is 0 Å². The minimum absolute atomic E-state index is 0.0671. The van der Waals surface area contributed by atoms with Crippen molar-refractivity contribution in [2.24, 2.45) is 5.92 Å². The van der Waals surface area contributed by atoms with E-state index in [1.165, 1.54) is 0 Å². The van der Waals surface area contributed by atoms with Crippen molar-refractivity contribution in [3.8, 4) is 0 Å². The molecule has 1 amide bonds. The molecule has 1 rings (SSSR count). The second kappa shape index (κ2) is 2.82. The molecule has 1 atom stereocenters. The summed E-state index contributed by atoms with van der Waals surface area (Å²) in [6, 6.07) is 0. The molecule has 0 saturated carbocycles. The Hall–Kier alpha value is -0.860. The van der Waals surface area contributed by atoms with Crippen LogP contribution in [0.15, 0.2) is 0 Å². The maximum atomic E-state index is 10.8. The van der Waals surface area contributed by atoms with E-state index in [-0.39, 0.29) is 17.6 Å². The first-order valence-electron chi connectivity index (χ1n) is 3.47. The highest BCUT2D eigenvalue weighted by molar-refractivity contribution is 5.83. The Morgan fingerprint density at radius 2 is 2.40 bits per heavy atom. The topological polar surface area (TPSA) is 46.2 Å². The van der Waals surface area contributed by atoms with Gasteiger partial charge in [0.15, 0.2) is 0 Å². The largest absolute Gasteiger partial charge is 0.355 e. The number of amides is 1. The van der Waals surface area contributed by atoms with Gasteiger partial charge in [-0.3, -0.25) is 9.59 Å². The minimum Gasteiger partial charge on any atom is -0.355 e. The molecular formula is C7H11NO2. The molecule has 0 aliphatic carbocycles. The quantitative estimate of drug-likeness (QED) is 0.563. The molecule has 0 spiro atoms. The van der Waals surface area contributed by atoms with E-state index in [2.05, 4.69) is 5.32 Å². The fraction of sp³-hybridized carbons (Fsp3) is 0.714. The zero-order chi connectivity index (χ0) is 7.56.